The maximum Gasteiger partial charge on any atom is 0.311 e. The Labute approximate surface area is 131 Å². The Hall–Kier alpha value is -0.0851. The summed E-state index contributed by atoms with van der Waals surface area (Å²) < 4.78 is 5.24. The van der Waals surface area contributed by atoms with Gasteiger partial charge in [0.2, 0.25) is 0 Å². The highest BCUT2D eigenvalue weighted by Crippen LogP contribution is 2.42. The summed E-state index contributed by atoms with van der Waals surface area (Å²) in [6, 6.07) is 10.5. The normalized spacial score (nSPS) is 12.8. The van der Waals surface area contributed by atoms with E-state index in [-0.39, 0.29) is 11.4 Å². The highest BCUT2D eigenvalue weighted by molar-refractivity contribution is 14.2. The van der Waals surface area contributed by atoms with Crippen LogP contribution in [0.1, 0.15) is 27.2 Å². The van der Waals surface area contributed by atoms with Gasteiger partial charge in [-0.15, -0.1) is 0 Å². The number of carbonyl (C=O) groups is 1. The lowest BCUT2D eigenvalue weighted by molar-refractivity contribution is -0.152. The molecule has 5 heteroatoms. The SMILES string of the molecule is CC(C)(C)C(=O)OCCC[B]P(I)c1ccccc1. The van der Waals surface area contributed by atoms with Crippen LogP contribution in [-0.2, 0) is 9.53 Å². The smallest absolute Gasteiger partial charge is 0.311 e. The van der Waals surface area contributed by atoms with E-state index in [4.69, 9.17) is 4.74 Å². The first kappa shape index (κ1) is 17.0. The van der Waals surface area contributed by atoms with E-state index >= 15 is 0 Å². The van der Waals surface area contributed by atoms with Crippen LogP contribution in [0.15, 0.2) is 30.3 Å². The van der Waals surface area contributed by atoms with E-state index in [9.17, 15) is 4.79 Å². The van der Waals surface area contributed by atoms with Crippen molar-refractivity contribution in [1.29, 1.82) is 0 Å². The van der Waals surface area contributed by atoms with Gasteiger partial charge in [0.15, 0.2) is 7.00 Å². The minimum Gasteiger partial charge on any atom is -0.465 e. The van der Waals surface area contributed by atoms with Crippen molar-refractivity contribution in [3.05, 3.63) is 30.3 Å². The second-order valence-electron chi connectivity index (χ2n) is 5.36. The largest absolute Gasteiger partial charge is 0.465 e. The van der Waals surface area contributed by atoms with Gasteiger partial charge >= 0.3 is 5.97 Å². The molecule has 103 valence electrons. The summed E-state index contributed by atoms with van der Waals surface area (Å²) in [4.78, 5) is 11.6. The molecule has 0 aromatic heterocycles. The molecule has 0 N–H and O–H groups in total. The molecule has 1 unspecified atom stereocenters. The second kappa shape index (κ2) is 8.26. The van der Waals surface area contributed by atoms with Gasteiger partial charge in [0, 0.05) is 0 Å². The fraction of sp³-hybridized carbons (Fsp3) is 0.500. The lowest BCUT2D eigenvalue weighted by atomic mass is 9.97. The van der Waals surface area contributed by atoms with Gasteiger partial charge in [-0.25, -0.2) is 0 Å². The van der Waals surface area contributed by atoms with Gasteiger partial charge in [0.1, 0.15) is 0 Å². The van der Waals surface area contributed by atoms with Crippen LogP contribution < -0.4 is 5.30 Å². The summed E-state index contributed by atoms with van der Waals surface area (Å²) in [7, 11) is 0. The number of ether oxygens (including phenoxy) is 1. The molecular formula is C14H20BIO2P. The minimum absolute atomic E-state index is 0.118. The number of hydrogen-bond acceptors (Lipinski definition) is 2. The molecule has 0 heterocycles. The molecular weight excluding hydrogens is 369 g/mol. The zero-order valence-corrected chi connectivity index (χ0v) is 14.8. The monoisotopic (exact) mass is 389 g/mol. The predicted octanol–water partition coefficient (Wildman–Crippen LogP) is 4.16. The maximum absolute atomic E-state index is 11.6. The van der Waals surface area contributed by atoms with Crippen molar-refractivity contribution >= 4 is 45.8 Å². The van der Waals surface area contributed by atoms with E-state index < -0.39 is 5.41 Å². The van der Waals surface area contributed by atoms with Crippen LogP contribution in [0.3, 0.4) is 0 Å². The predicted molar refractivity (Wildman–Crippen MR) is 92.6 cm³/mol. The van der Waals surface area contributed by atoms with Crippen molar-refractivity contribution in [2.24, 2.45) is 5.41 Å². The van der Waals surface area contributed by atoms with E-state index in [1.165, 1.54) is 5.30 Å². The van der Waals surface area contributed by atoms with Crippen LogP contribution in [-0.4, -0.2) is 19.6 Å². The Morgan fingerprint density at radius 1 is 1.32 bits per heavy atom. The summed E-state index contributed by atoms with van der Waals surface area (Å²) in [5.74, 6) is -0.118. The number of esters is 1. The molecule has 1 atom stereocenters. The van der Waals surface area contributed by atoms with Crippen LogP contribution in [0.2, 0.25) is 6.32 Å². The van der Waals surface area contributed by atoms with E-state index in [1.807, 2.05) is 26.8 Å². The zero-order chi connectivity index (χ0) is 14.3. The molecule has 0 aliphatic heterocycles. The average molecular weight is 389 g/mol. The topological polar surface area (TPSA) is 26.3 Å². The summed E-state index contributed by atoms with van der Waals surface area (Å²) >= 11 is 2.49. The third-order valence-corrected chi connectivity index (χ3v) is 6.71. The third-order valence-electron chi connectivity index (χ3n) is 2.49. The van der Waals surface area contributed by atoms with Crippen molar-refractivity contribution in [1.82, 2.24) is 0 Å². The summed E-state index contributed by atoms with van der Waals surface area (Å²) in [5.41, 5.74) is -0.625. The van der Waals surface area contributed by atoms with E-state index in [0.717, 1.165) is 12.7 Å². The highest BCUT2D eigenvalue weighted by Gasteiger charge is 2.22. The Morgan fingerprint density at radius 2 is 1.95 bits per heavy atom. The molecule has 1 radical (unpaired) electrons. The van der Waals surface area contributed by atoms with Gasteiger partial charge in [0.05, 0.1) is 12.0 Å². The van der Waals surface area contributed by atoms with Gasteiger partial charge in [-0.1, -0.05) is 64.1 Å². The van der Waals surface area contributed by atoms with Crippen molar-refractivity contribution < 1.29 is 9.53 Å². The number of carbonyl (C=O) groups excluding carboxylic acids is 1. The fourth-order valence-electron chi connectivity index (χ4n) is 1.35. The Balaban J connectivity index is 2.16. The molecule has 19 heavy (non-hydrogen) atoms. The lowest BCUT2D eigenvalue weighted by Crippen LogP contribution is -2.23. The van der Waals surface area contributed by atoms with Gasteiger partial charge in [-0.3, -0.25) is 4.79 Å². The van der Waals surface area contributed by atoms with E-state index in [1.54, 1.807) is 0 Å². The van der Waals surface area contributed by atoms with E-state index in [0.29, 0.717) is 6.61 Å². The van der Waals surface area contributed by atoms with Crippen molar-refractivity contribution in [2.75, 3.05) is 6.61 Å². The second-order valence-corrected chi connectivity index (χ2v) is 9.98. The fourth-order valence-corrected chi connectivity index (χ4v) is 4.22. The summed E-state index contributed by atoms with van der Waals surface area (Å²) in [5, 5.41) is 1.38. The molecule has 0 aliphatic carbocycles. The molecule has 0 fully saturated rings. The van der Waals surface area contributed by atoms with Crippen LogP contribution >= 0.6 is 27.5 Å². The Kier molecular flexibility index (Phi) is 7.37. The molecule has 0 aliphatic rings. The third kappa shape index (κ3) is 6.76. The lowest BCUT2D eigenvalue weighted by Gasteiger charge is -2.16. The van der Waals surface area contributed by atoms with Crippen LogP contribution in [0.5, 0.6) is 0 Å². The van der Waals surface area contributed by atoms with Crippen molar-refractivity contribution in [3.8, 4) is 0 Å². The molecule has 1 aromatic rings. The molecule has 0 saturated heterocycles. The van der Waals surface area contributed by atoms with Crippen LogP contribution in [0.25, 0.3) is 0 Å². The summed E-state index contributed by atoms with van der Waals surface area (Å²) in [6.07, 6.45) is 1.89. The van der Waals surface area contributed by atoms with Crippen LogP contribution in [0, 0.1) is 5.41 Å². The first-order valence-corrected chi connectivity index (χ1v) is 10.6. The number of benzene rings is 1. The zero-order valence-electron chi connectivity index (χ0n) is 11.7. The number of rotatable bonds is 6. The van der Waals surface area contributed by atoms with Crippen LogP contribution in [0.4, 0.5) is 0 Å². The summed E-state index contributed by atoms with van der Waals surface area (Å²) in [6.45, 7) is 8.47. The molecule has 0 spiro atoms. The number of hydrogen-bond donors (Lipinski definition) is 0. The molecule has 0 saturated carbocycles. The Bertz CT molecular complexity index is 392. The molecule has 0 bridgehead atoms. The highest BCUT2D eigenvalue weighted by atomic mass is 127. The first-order valence-electron chi connectivity index (χ1n) is 6.42. The van der Waals surface area contributed by atoms with E-state index in [2.05, 4.69) is 53.3 Å². The maximum atomic E-state index is 11.6. The quantitative estimate of drug-likeness (QED) is 0.240. The molecule has 1 rings (SSSR count). The number of halogens is 1. The standard InChI is InChI=1S/C14H20BIO2P/c1-14(2,3)13(17)18-11-7-10-15-19(16)12-8-5-4-6-9-12/h4-6,8-9H,7,10-11H2,1-3H3. The molecule has 2 nitrogen and oxygen atoms in total. The molecule has 1 aromatic carbocycles. The van der Waals surface area contributed by atoms with Gasteiger partial charge < -0.3 is 4.74 Å². The molecule has 0 amide bonds. The Morgan fingerprint density at radius 3 is 2.53 bits per heavy atom. The van der Waals surface area contributed by atoms with Crippen molar-refractivity contribution in [2.45, 2.75) is 33.5 Å². The average Bonchev–Trinajstić information content (AvgIpc) is 2.37. The van der Waals surface area contributed by atoms with Gasteiger partial charge in [0.25, 0.3) is 0 Å². The van der Waals surface area contributed by atoms with Crippen molar-refractivity contribution in [3.63, 3.8) is 0 Å². The van der Waals surface area contributed by atoms with Gasteiger partial charge in [-0.05, 0) is 32.5 Å². The van der Waals surface area contributed by atoms with Gasteiger partial charge in [-0.2, -0.15) is 0 Å². The first-order chi connectivity index (χ1) is 8.91. The minimum atomic E-state index is -0.399.